The lowest BCUT2D eigenvalue weighted by Crippen LogP contribution is -2.06. The van der Waals surface area contributed by atoms with Gasteiger partial charge in [0.25, 0.3) is 0 Å². The van der Waals surface area contributed by atoms with Gasteiger partial charge in [0.05, 0.1) is 12.7 Å². The molecule has 0 heterocycles. The molecule has 2 aromatic carbocycles. The Balaban J connectivity index is 2.53. The first-order valence-corrected chi connectivity index (χ1v) is 6.29. The Morgan fingerprint density at radius 2 is 1.53 bits per heavy atom. The van der Waals surface area contributed by atoms with Gasteiger partial charge in [0.15, 0.2) is 5.78 Å². The monoisotopic (exact) mass is 254 g/mol. The summed E-state index contributed by atoms with van der Waals surface area (Å²) in [6, 6.07) is 11.6. The Kier molecular flexibility index (Phi) is 3.70. The van der Waals surface area contributed by atoms with Gasteiger partial charge in [-0.3, -0.25) is 4.79 Å². The summed E-state index contributed by atoms with van der Waals surface area (Å²) in [5, 5.41) is 0. The number of benzene rings is 2. The van der Waals surface area contributed by atoms with Gasteiger partial charge in [-0.1, -0.05) is 23.8 Å². The molecule has 0 aliphatic rings. The lowest BCUT2D eigenvalue weighted by atomic mass is 9.96. The number of hydrogen-bond acceptors (Lipinski definition) is 2. The standard InChI is InChI=1S/C17H18O2/c1-11-5-7-13(3)15(9-11)17(18)14-8-6-12(2)10-16(14)19-4/h5-10H,1-4H3. The van der Waals surface area contributed by atoms with Crippen molar-refractivity contribution in [2.45, 2.75) is 20.8 Å². The average molecular weight is 254 g/mol. The molecular weight excluding hydrogens is 236 g/mol. The van der Waals surface area contributed by atoms with Crippen molar-refractivity contribution in [1.82, 2.24) is 0 Å². The van der Waals surface area contributed by atoms with Gasteiger partial charge in [0.1, 0.15) is 5.75 Å². The number of rotatable bonds is 3. The second-order valence-electron chi connectivity index (χ2n) is 4.85. The summed E-state index contributed by atoms with van der Waals surface area (Å²) in [4.78, 5) is 12.6. The fraction of sp³-hybridized carbons (Fsp3) is 0.235. The molecule has 0 bridgehead atoms. The van der Waals surface area contributed by atoms with Crippen LogP contribution in [0.1, 0.15) is 32.6 Å². The summed E-state index contributed by atoms with van der Waals surface area (Å²) in [6.07, 6.45) is 0. The third-order valence-corrected chi connectivity index (χ3v) is 3.24. The van der Waals surface area contributed by atoms with E-state index in [0.717, 1.165) is 22.3 Å². The molecule has 98 valence electrons. The summed E-state index contributed by atoms with van der Waals surface area (Å²) in [5.41, 5.74) is 4.50. The van der Waals surface area contributed by atoms with E-state index in [4.69, 9.17) is 4.74 Å². The second kappa shape index (κ2) is 5.27. The number of methoxy groups -OCH3 is 1. The summed E-state index contributed by atoms with van der Waals surface area (Å²) in [5.74, 6) is 0.643. The van der Waals surface area contributed by atoms with Crippen molar-refractivity contribution < 1.29 is 9.53 Å². The Bertz CT molecular complexity index is 627. The van der Waals surface area contributed by atoms with E-state index < -0.39 is 0 Å². The van der Waals surface area contributed by atoms with Crippen molar-refractivity contribution in [2.75, 3.05) is 7.11 Å². The van der Waals surface area contributed by atoms with Crippen molar-refractivity contribution in [1.29, 1.82) is 0 Å². The van der Waals surface area contributed by atoms with Gasteiger partial charge in [-0.25, -0.2) is 0 Å². The zero-order valence-corrected chi connectivity index (χ0v) is 11.8. The van der Waals surface area contributed by atoms with Crippen molar-refractivity contribution in [2.24, 2.45) is 0 Å². The van der Waals surface area contributed by atoms with Gasteiger partial charge in [-0.2, -0.15) is 0 Å². The van der Waals surface area contributed by atoms with E-state index in [9.17, 15) is 4.79 Å². The van der Waals surface area contributed by atoms with Crippen LogP contribution in [-0.4, -0.2) is 12.9 Å². The number of aryl methyl sites for hydroxylation is 3. The molecular formula is C17H18O2. The van der Waals surface area contributed by atoms with Crippen LogP contribution in [0.4, 0.5) is 0 Å². The normalized spacial score (nSPS) is 10.3. The fourth-order valence-electron chi connectivity index (χ4n) is 2.11. The molecule has 2 heteroatoms. The molecule has 0 amide bonds. The molecule has 0 aliphatic carbocycles. The maximum Gasteiger partial charge on any atom is 0.197 e. The van der Waals surface area contributed by atoms with Crippen molar-refractivity contribution in [3.8, 4) is 5.75 Å². The maximum absolute atomic E-state index is 12.6. The topological polar surface area (TPSA) is 26.3 Å². The van der Waals surface area contributed by atoms with Crippen LogP contribution in [0.3, 0.4) is 0 Å². The summed E-state index contributed by atoms with van der Waals surface area (Å²) in [7, 11) is 1.59. The first-order valence-electron chi connectivity index (χ1n) is 6.29. The summed E-state index contributed by atoms with van der Waals surface area (Å²) < 4.78 is 5.32. The highest BCUT2D eigenvalue weighted by Gasteiger charge is 2.16. The minimum atomic E-state index is 0.0121. The molecule has 0 saturated carbocycles. The molecule has 0 spiro atoms. The van der Waals surface area contributed by atoms with Gasteiger partial charge in [0, 0.05) is 5.56 Å². The SMILES string of the molecule is COc1cc(C)ccc1C(=O)c1cc(C)ccc1C. The zero-order valence-electron chi connectivity index (χ0n) is 11.8. The van der Waals surface area contributed by atoms with Gasteiger partial charge in [-0.15, -0.1) is 0 Å². The predicted molar refractivity (Wildman–Crippen MR) is 77.1 cm³/mol. The fourth-order valence-corrected chi connectivity index (χ4v) is 2.11. The lowest BCUT2D eigenvalue weighted by Gasteiger charge is -2.11. The van der Waals surface area contributed by atoms with Crippen LogP contribution in [0.15, 0.2) is 36.4 Å². The van der Waals surface area contributed by atoms with Crippen LogP contribution in [0.2, 0.25) is 0 Å². The summed E-state index contributed by atoms with van der Waals surface area (Å²) in [6.45, 7) is 5.92. The van der Waals surface area contributed by atoms with E-state index >= 15 is 0 Å². The van der Waals surface area contributed by atoms with Crippen LogP contribution < -0.4 is 4.74 Å². The molecule has 0 radical (unpaired) electrons. The number of ketones is 1. The van der Waals surface area contributed by atoms with Crippen molar-refractivity contribution >= 4 is 5.78 Å². The molecule has 0 saturated heterocycles. The number of carbonyl (C=O) groups excluding carboxylic acids is 1. The minimum absolute atomic E-state index is 0.0121. The molecule has 2 aromatic rings. The first kappa shape index (κ1) is 13.3. The molecule has 0 aliphatic heterocycles. The van der Waals surface area contributed by atoms with E-state index in [0.29, 0.717) is 11.3 Å². The molecule has 0 fully saturated rings. The van der Waals surface area contributed by atoms with E-state index in [-0.39, 0.29) is 5.78 Å². The number of ether oxygens (including phenoxy) is 1. The van der Waals surface area contributed by atoms with Crippen molar-refractivity contribution in [3.63, 3.8) is 0 Å². The van der Waals surface area contributed by atoms with E-state index in [1.165, 1.54) is 0 Å². The molecule has 0 unspecified atom stereocenters. The van der Waals surface area contributed by atoms with Gasteiger partial charge in [-0.05, 0) is 50.1 Å². The molecule has 2 rings (SSSR count). The first-order chi connectivity index (χ1) is 9.02. The highest BCUT2D eigenvalue weighted by atomic mass is 16.5. The second-order valence-corrected chi connectivity index (χ2v) is 4.85. The van der Waals surface area contributed by atoms with Crippen LogP contribution in [-0.2, 0) is 0 Å². The lowest BCUT2D eigenvalue weighted by molar-refractivity contribution is 0.103. The Morgan fingerprint density at radius 3 is 2.21 bits per heavy atom. The highest BCUT2D eigenvalue weighted by molar-refractivity contribution is 6.11. The third-order valence-electron chi connectivity index (χ3n) is 3.24. The van der Waals surface area contributed by atoms with E-state index in [1.807, 2.05) is 57.2 Å². The van der Waals surface area contributed by atoms with Gasteiger partial charge < -0.3 is 4.74 Å². The quantitative estimate of drug-likeness (QED) is 0.778. The van der Waals surface area contributed by atoms with Gasteiger partial charge in [0.2, 0.25) is 0 Å². The Morgan fingerprint density at radius 1 is 0.895 bits per heavy atom. The number of hydrogen-bond donors (Lipinski definition) is 0. The number of carbonyl (C=O) groups is 1. The van der Waals surface area contributed by atoms with E-state index in [1.54, 1.807) is 7.11 Å². The van der Waals surface area contributed by atoms with E-state index in [2.05, 4.69) is 0 Å². The Hall–Kier alpha value is -2.09. The van der Waals surface area contributed by atoms with Crippen LogP contribution in [0.5, 0.6) is 5.75 Å². The van der Waals surface area contributed by atoms with Gasteiger partial charge >= 0.3 is 0 Å². The molecule has 0 atom stereocenters. The molecule has 19 heavy (non-hydrogen) atoms. The van der Waals surface area contributed by atoms with Crippen LogP contribution >= 0.6 is 0 Å². The smallest absolute Gasteiger partial charge is 0.197 e. The van der Waals surface area contributed by atoms with Crippen molar-refractivity contribution in [3.05, 3.63) is 64.2 Å². The minimum Gasteiger partial charge on any atom is -0.496 e. The van der Waals surface area contributed by atoms with Crippen LogP contribution in [0, 0.1) is 20.8 Å². The largest absolute Gasteiger partial charge is 0.496 e. The third kappa shape index (κ3) is 2.68. The average Bonchev–Trinajstić information content (AvgIpc) is 2.40. The molecule has 2 nitrogen and oxygen atoms in total. The maximum atomic E-state index is 12.6. The molecule has 0 N–H and O–H groups in total. The zero-order chi connectivity index (χ0) is 14.0. The summed E-state index contributed by atoms with van der Waals surface area (Å²) >= 11 is 0. The predicted octanol–water partition coefficient (Wildman–Crippen LogP) is 3.85. The highest BCUT2D eigenvalue weighted by Crippen LogP contribution is 2.24. The van der Waals surface area contributed by atoms with Crippen LogP contribution in [0.25, 0.3) is 0 Å². The Labute approximate surface area is 114 Å². The molecule has 0 aromatic heterocycles.